The number of piperidine rings is 1. The van der Waals surface area contributed by atoms with Crippen LogP contribution in [-0.2, 0) is 27.1 Å². The first-order chi connectivity index (χ1) is 12.2. The van der Waals surface area contributed by atoms with Crippen molar-refractivity contribution in [3.63, 3.8) is 0 Å². The fraction of sp³-hybridized carbons (Fsp3) is 0.800. The molecule has 2 aliphatic rings. The van der Waals surface area contributed by atoms with Crippen molar-refractivity contribution in [3.05, 3.63) is 12.5 Å². The molecule has 9 nitrogen and oxygen atoms in total. The highest BCUT2D eigenvalue weighted by atomic mass is 32.2. The summed E-state index contributed by atoms with van der Waals surface area (Å²) in [5.41, 5.74) is 0. The largest absolute Gasteiger partial charge is 0.339 e. The van der Waals surface area contributed by atoms with E-state index in [0.717, 1.165) is 25.9 Å². The van der Waals surface area contributed by atoms with E-state index in [9.17, 15) is 16.8 Å². The highest BCUT2D eigenvalue weighted by Crippen LogP contribution is 2.25. The minimum atomic E-state index is -3.66. The van der Waals surface area contributed by atoms with Crippen LogP contribution in [0.25, 0.3) is 0 Å². The number of aromatic nitrogens is 2. The third kappa shape index (κ3) is 4.28. The van der Waals surface area contributed by atoms with Crippen LogP contribution in [0.4, 0.5) is 0 Å². The maximum absolute atomic E-state index is 12.5. The minimum Gasteiger partial charge on any atom is -0.339 e. The van der Waals surface area contributed by atoms with Gasteiger partial charge in [0.2, 0.25) is 10.0 Å². The molecule has 11 heteroatoms. The zero-order chi connectivity index (χ0) is 18.9. The molecule has 2 saturated heterocycles. The SMILES string of the molecule is Cn1cnc(S(=O)(=O)N2CC(N(CCN3CCCCC3)S(C)(=O)=O)C2)c1. The highest BCUT2D eigenvalue weighted by Gasteiger charge is 2.43. The van der Waals surface area contributed by atoms with Crippen molar-refractivity contribution in [1.82, 2.24) is 23.1 Å². The molecular weight excluding hydrogens is 378 g/mol. The summed E-state index contributed by atoms with van der Waals surface area (Å²) < 4.78 is 53.7. The highest BCUT2D eigenvalue weighted by molar-refractivity contribution is 7.89. The van der Waals surface area contributed by atoms with Gasteiger partial charge >= 0.3 is 0 Å². The van der Waals surface area contributed by atoms with E-state index in [4.69, 9.17) is 0 Å². The Morgan fingerprint density at radius 1 is 1.15 bits per heavy atom. The van der Waals surface area contributed by atoms with E-state index in [-0.39, 0.29) is 24.2 Å². The molecule has 3 heterocycles. The maximum atomic E-state index is 12.5. The lowest BCUT2D eigenvalue weighted by atomic mass is 10.1. The van der Waals surface area contributed by atoms with E-state index >= 15 is 0 Å². The standard InChI is InChI=1S/C15H27N5O4S2/c1-17-12-15(16-13-17)26(23,24)19-10-14(11-19)20(25(2,21)22)9-8-18-6-4-3-5-7-18/h12-14H,3-11H2,1-2H3. The maximum Gasteiger partial charge on any atom is 0.262 e. The van der Waals surface area contributed by atoms with Crippen LogP contribution in [0.15, 0.2) is 17.6 Å². The summed E-state index contributed by atoms with van der Waals surface area (Å²) >= 11 is 0. The molecule has 0 aliphatic carbocycles. The number of likely N-dealkylation sites (tertiary alicyclic amines) is 1. The molecule has 0 saturated carbocycles. The molecule has 0 amide bonds. The molecule has 2 fully saturated rings. The summed E-state index contributed by atoms with van der Waals surface area (Å²) in [6, 6.07) is -0.312. The molecule has 3 rings (SSSR count). The molecule has 2 aliphatic heterocycles. The fourth-order valence-corrected chi connectivity index (χ4v) is 6.06. The molecule has 26 heavy (non-hydrogen) atoms. The Morgan fingerprint density at radius 3 is 2.35 bits per heavy atom. The predicted octanol–water partition coefficient (Wildman–Crippen LogP) is -0.459. The lowest BCUT2D eigenvalue weighted by Gasteiger charge is -2.43. The van der Waals surface area contributed by atoms with Crippen molar-refractivity contribution < 1.29 is 16.8 Å². The molecule has 0 unspecified atom stereocenters. The van der Waals surface area contributed by atoms with Crippen LogP contribution >= 0.6 is 0 Å². The van der Waals surface area contributed by atoms with E-state index in [0.29, 0.717) is 13.1 Å². The molecule has 1 aromatic rings. The molecule has 0 aromatic carbocycles. The summed E-state index contributed by atoms with van der Waals surface area (Å²) in [5, 5.41) is -0.00216. The normalized spacial score (nSPS) is 21.2. The van der Waals surface area contributed by atoms with Crippen molar-refractivity contribution in [2.45, 2.75) is 30.3 Å². The van der Waals surface area contributed by atoms with Crippen LogP contribution in [0.1, 0.15) is 19.3 Å². The van der Waals surface area contributed by atoms with Gasteiger partial charge in [-0.05, 0) is 25.9 Å². The van der Waals surface area contributed by atoms with E-state index in [1.807, 2.05) is 0 Å². The molecule has 148 valence electrons. The molecule has 0 N–H and O–H groups in total. The smallest absolute Gasteiger partial charge is 0.262 e. The second-order valence-corrected chi connectivity index (χ2v) is 10.9. The van der Waals surface area contributed by atoms with Gasteiger partial charge in [-0.25, -0.2) is 21.8 Å². The molecule has 1 aromatic heterocycles. The number of aryl methyl sites for hydroxylation is 1. The van der Waals surface area contributed by atoms with Gasteiger partial charge < -0.3 is 9.47 Å². The van der Waals surface area contributed by atoms with Gasteiger partial charge in [0.05, 0.1) is 18.6 Å². The van der Waals surface area contributed by atoms with Gasteiger partial charge in [-0.15, -0.1) is 0 Å². The minimum absolute atomic E-state index is 0.00216. The Kier molecular flexibility index (Phi) is 5.73. The van der Waals surface area contributed by atoms with Gasteiger partial charge in [-0.3, -0.25) is 0 Å². The van der Waals surface area contributed by atoms with Crippen LogP contribution in [0.5, 0.6) is 0 Å². The lowest BCUT2D eigenvalue weighted by Crippen LogP contribution is -2.62. The van der Waals surface area contributed by atoms with Crippen LogP contribution < -0.4 is 0 Å². The summed E-state index contributed by atoms with van der Waals surface area (Å²) in [7, 11) is -5.34. The van der Waals surface area contributed by atoms with Gasteiger partial charge in [0.25, 0.3) is 10.0 Å². The Balaban J connectivity index is 1.61. The number of sulfonamides is 2. The van der Waals surface area contributed by atoms with Crippen LogP contribution in [0.2, 0.25) is 0 Å². The monoisotopic (exact) mass is 405 g/mol. The van der Waals surface area contributed by atoms with Crippen LogP contribution in [0, 0.1) is 0 Å². The summed E-state index contributed by atoms with van der Waals surface area (Å²) in [4.78, 5) is 6.18. The average Bonchev–Trinajstić information content (AvgIpc) is 2.96. The van der Waals surface area contributed by atoms with Crippen LogP contribution in [-0.4, -0.2) is 91.5 Å². The van der Waals surface area contributed by atoms with E-state index in [1.165, 1.54) is 33.8 Å². The van der Waals surface area contributed by atoms with Gasteiger partial charge in [-0.2, -0.15) is 8.61 Å². The fourth-order valence-electron chi connectivity index (χ4n) is 3.49. The molecular formula is C15H27N5O4S2. The first-order valence-corrected chi connectivity index (χ1v) is 12.1. The van der Waals surface area contributed by atoms with Gasteiger partial charge in [0, 0.05) is 39.4 Å². The van der Waals surface area contributed by atoms with Crippen molar-refractivity contribution in [2.75, 3.05) is 45.5 Å². The second-order valence-electron chi connectivity index (χ2n) is 7.13. The Hall–Kier alpha value is -1.01. The number of hydrogen-bond donors (Lipinski definition) is 0. The van der Waals surface area contributed by atoms with Crippen molar-refractivity contribution in [2.24, 2.45) is 7.05 Å². The Morgan fingerprint density at radius 2 is 1.81 bits per heavy atom. The molecule has 0 spiro atoms. The summed E-state index contributed by atoms with van der Waals surface area (Å²) in [6.07, 6.45) is 7.62. The van der Waals surface area contributed by atoms with Gasteiger partial charge in [0.15, 0.2) is 5.03 Å². The van der Waals surface area contributed by atoms with E-state index in [2.05, 4.69) is 9.88 Å². The van der Waals surface area contributed by atoms with Crippen LogP contribution in [0.3, 0.4) is 0 Å². The second kappa shape index (κ2) is 7.55. The van der Waals surface area contributed by atoms with Gasteiger partial charge in [-0.1, -0.05) is 6.42 Å². The van der Waals surface area contributed by atoms with Gasteiger partial charge in [0.1, 0.15) is 0 Å². The van der Waals surface area contributed by atoms with Crippen molar-refractivity contribution in [3.8, 4) is 0 Å². The zero-order valence-electron chi connectivity index (χ0n) is 15.3. The Bertz CT molecular complexity index is 824. The predicted molar refractivity (Wildman–Crippen MR) is 97.6 cm³/mol. The third-order valence-electron chi connectivity index (χ3n) is 5.03. The number of imidazole rings is 1. The van der Waals surface area contributed by atoms with Crippen molar-refractivity contribution in [1.29, 1.82) is 0 Å². The first kappa shape index (κ1) is 19.7. The lowest BCUT2D eigenvalue weighted by molar-refractivity contribution is 0.135. The summed E-state index contributed by atoms with van der Waals surface area (Å²) in [6.45, 7) is 3.44. The molecule has 0 atom stereocenters. The van der Waals surface area contributed by atoms with Crippen molar-refractivity contribution >= 4 is 20.0 Å². The number of hydrogen-bond acceptors (Lipinski definition) is 6. The number of rotatable bonds is 7. The molecule has 0 bridgehead atoms. The first-order valence-electron chi connectivity index (χ1n) is 8.85. The van der Waals surface area contributed by atoms with E-state index in [1.54, 1.807) is 11.6 Å². The quantitative estimate of drug-likeness (QED) is 0.609. The van der Waals surface area contributed by atoms with E-state index < -0.39 is 20.0 Å². The molecule has 0 radical (unpaired) electrons. The summed E-state index contributed by atoms with van der Waals surface area (Å²) in [5.74, 6) is 0. The average molecular weight is 406 g/mol. The topological polar surface area (TPSA) is 95.8 Å². The third-order valence-corrected chi connectivity index (χ3v) is 8.08. The Labute approximate surface area is 155 Å². The number of nitrogens with zero attached hydrogens (tertiary/aromatic N) is 5. The zero-order valence-corrected chi connectivity index (χ0v) is 16.9.